The van der Waals surface area contributed by atoms with Crippen molar-refractivity contribution in [3.63, 3.8) is 0 Å². The maximum absolute atomic E-state index is 12.9. The van der Waals surface area contributed by atoms with E-state index in [1.54, 1.807) is 12.1 Å². The van der Waals surface area contributed by atoms with Crippen molar-refractivity contribution in [2.45, 2.75) is 19.3 Å². The van der Waals surface area contributed by atoms with Crippen LogP contribution in [0.3, 0.4) is 0 Å². The summed E-state index contributed by atoms with van der Waals surface area (Å²) in [5, 5.41) is 2.74. The molecule has 1 aliphatic rings. The smallest absolute Gasteiger partial charge is 0.227 e. The molecule has 0 aromatic heterocycles. The third-order valence-electron chi connectivity index (χ3n) is 2.73. The van der Waals surface area contributed by atoms with Gasteiger partial charge in [-0.2, -0.15) is 0 Å². The molecule has 1 aliphatic carbocycles. The number of benzene rings is 1. The van der Waals surface area contributed by atoms with Crippen molar-refractivity contribution in [2.75, 3.05) is 5.32 Å². The van der Waals surface area contributed by atoms with Gasteiger partial charge in [0.2, 0.25) is 5.91 Å². The number of hydrogen-bond donors (Lipinski definition) is 1. The van der Waals surface area contributed by atoms with E-state index in [0.29, 0.717) is 5.69 Å². The summed E-state index contributed by atoms with van der Waals surface area (Å²) in [5.41, 5.74) is 0.527. The Kier molecular flexibility index (Phi) is 3.34. The van der Waals surface area contributed by atoms with E-state index in [-0.39, 0.29) is 17.6 Å². The normalized spacial score (nSPS) is 19.4. The van der Waals surface area contributed by atoms with Gasteiger partial charge in [-0.3, -0.25) is 4.79 Å². The lowest BCUT2D eigenvalue weighted by Gasteiger charge is -2.17. The van der Waals surface area contributed by atoms with Gasteiger partial charge in [0.1, 0.15) is 5.82 Å². The minimum atomic E-state index is -0.332. The zero-order chi connectivity index (χ0) is 11.4. The molecular weight excluding hydrogens is 205 g/mol. The van der Waals surface area contributed by atoms with E-state index < -0.39 is 0 Å². The number of carbonyl (C=O) groups is 1. The lowest BCUT2D eigenvalue weighted by atomic mass is 9.93. The van der Waals surface area contributed by atoms with Crippen LogP contribution >= 0.6 is 0 Å². The van der Waals surface area contributed by atoms with Gasteiger partial charge in [0.05, 0.1) is 0 Å². The number of halogens is 1. The quantitative estimate of drug-likeness (QED) is 0.761. The molecule has 0 radical (unpaired) electrons. The van der Waals surface area contributed by atoms with Crippen molar-refractivity contribution < 1.29 is 9.18 Å². The average Bonchev–Trinajstić information content (AvgIpc) is 2.30. The summed E-state index contributed by atoms with van der Waals surface area (Å²) in [6, 6.07) is 5.97. The van der Waals surface area contributed by atoms with Crippen LogP contribution < -0.4 is 5.32 Å². The minimum absolute atomic E-state index is 0.0186. The zero-order valence-electron chi connectivity index (χ0n) is 8.95. The third-order valence-corrected chi connectivity index (χ3v) is 2.73. The van der Waals surface area contributed by atoms with E-state index in [1.165, 1.54) is 12.1 Å². The van der Waals surface area contributed by atoms with Crippen LogP contribution in [0.5, 0.6) is 0 Å². The van der Waals surface area contributed by atoms with Crippen LogP contribution in [0.1, 0.15) is 19.3 Å². The molecule has 16 heavy (non-hydrogen) atoms. The van der Waals surface area contributed by atoms with Crippen LogP contribution in [-0.4, -0.2) is 5.91 Å². The Labute approximate surface area is 94.2 Å². The molecule has 1 N–H and O–H groups in total. The van der Waals surface area contributed by atoms with Gasteiger partial charge in [-0.15, -0.1) is 0 Å². The molecular formula is C13H14FNO. The summed E-state index contributed by atoms with van der Waals surface area (Å²) >= 11 is 0. The third kappa shape index (κ3) is 2.69. The monoisotopic (exact) mass is 219 g/mol. The second kappa shape index (κ2) is 4.92. The van der Waals surface area contributed by atoms with Crippen LogP contribution in [0, 0.1) is 11.7 Å². The first kappa shape index (κ1) is 10.9. The minimum Gasteiger partial charge on any atom is -0.326 e. The molecule has 1 aromatic rings. The molecule has 1 amide bonds. The first-order chi connectivity index (χ1) is 7.75. The van der Waals surface area contributed by atoms with Gasteiger partial charge < -0.3 is 5.32 Å². The summed E-state index contributed by atoms with van der Waals surface area (Å²) in [4.78, 5) is 11.8. The van der Waals surface area contributed by atoms with Crippen molar-refractivity contribution in [1.82, 2.24) is 0 Å². The Hall–Kier alpha value is -1.64. The van der Waals surface area contributed by atoms with Crippen molar-refractivity contribution in [3.05, 3.63) is 42.2 Å². The highest BCUT2D eigenvalue weighted by Gasteiger charge is 2.18. The molecule has 0 bridgehead atoms. The predicted molar refractivity (Wildman–Crippen MR) is 61.5 cm³/mol. The first-order valence-corrected chi connectivity index (χ1v) is 5.47. The lowest BCUT2D eigenvalue weighted by Crippen LogP contribution is -2.23. The van der Waals surface area contributed by atoms with Crippen molar-refractivity contribution in [1.29, 1.82) is 0 Å². The molecule has 1 atom stereocenters. The molecule has 84 valence electrons. The highest BCUT2D eigenvalue weighted by molar-refractivity contribution is 5.92. The second-order valence-electron chi connectivity index (χ2n) is 3.98. The van der Waals surface area contributed by atoms with Crippen LogP contribution in [0.15, 0.2) is 36.4 Å². The SMILES string of the molecule is O=C(Nc1cccc(F)c1)C1CC=CCC1. The van der Waals surface area contributed by atoms with E-state index in [0.717, 1.165) is 19.3 Å². The van der Waals surface area contributed by atoms with Gasteiger partial charge >= 0.3 is 0 Å². The summed E-state index contributed by atoms with van der Waals surface area (Å²) in [7, 11) is 0. The summed E-state index contributed by atoms with van der Waals surface area (Å²) in [5.74, 6) is -0.329. The Morgan fingerprint density at radius 3 is 2.94 bits per heavy atom. The van der Waals surface area contributed by atoms with E-state index in [2.05, 4.69) is 11.4 Å². The van der Waals surface area contributed by atoms with Crippen molar-refractivity contribution >= 4 is 11.6 Å². The topological polar surface area (TPSA) is 29.1 Å². The number of carbonyl (C=O) groups excluding carboxylic acids is 1. The molecule has 2 nitrogen and oxygen atoms in total. The van der Waals surface area contributed by atoms with E-state index >= 15 is 0 Å². The largest absolute Gasteiger partial charge is 0.326 e. The van der Waals surface area contributed by atoms with Gasteiger partial charge in [-0.25, -0.2) is 4.39 Å². The number of amides is 1. The predicted octanol–water partition coefficient (Wildman–Crippen LogP) is 3.12. The van der Waals surface area contributed by atoms with Gasteiger partial charge in [-0.1, -0.05) is 18.2 Å². The van der Waals surface area contributed by atoms with Crippen LogP contribution in [0.2, 0.25) is 0 Å². The summed E-state index contributed by atoms with van der Waals surface area (Å²) in [6.07, 6.45) is 6.71. The standard InChI is InChI=1S/C13H14FNO/c14-11-7-4-8-12(9-11)15-13(16)10-5-2-1-3-6-10/h1-2,4,7-10H,3,5-6H2,(H,15,16). The van der Waals surface area contributed by atoms with Crippen molar-refractivity contribution in [3.8, 4) is 0 Å². The Bertz CT molecular complexity index is 414. The van der Waals surface area contributed by atoms with E-state index in [4.69, 9.17) is 0 Å². The fourth-order valence-electron chi connectivity index (χ4n) is 1.84. The average molecular weight is 219 g/mol. The van der Waals surface area contributed by atoms with E-state index in [9.17, 15) is 9.18 Å². The summed E-state index contributed by atoms with van der Waals surface area (Å²) < 4.78 is 12.9. The van der Waals surface area contributed by atoms with Gasteiger partial charge in [0, 0.05) is 11.6 Å². The van der Waals surface area contributed by atoms with Gasteiger partial charge in [-0.05, 0) is 37.5 Å². The number of hydrogen-bond acceptors (Lipinski definition) is 1. The molecule has 0 aliphatic heterocycles. The highest BCUT2D eigenvalue weighted by atomic mass is 19.1. The fourth-order valence-corrected chi connectivity index (χ4v) is 1.84. The van der Waals surface area contributed by atoms with Crippen LogP contribution in [0.25, 0.3) is 0 Å². The van der Waals surface area contributed by atoms with Gasteiger partial charge in [0.15, 0.2) is 0 Å². The Morgan fingerprint density at radius 1 is 1.38 bits per heavy atom. The number of anilines is 1. The molecule has 0 saturated heterocycles. The first-order valence-electron chi connectivity index (χ1n) is 5.47. The zero-order valence-corrected chi connectivity index (χ0v) is 8.95. The molecule has 0 heterocycles. The Morgan fingerprint density at radius 2 is 2.25 bits per heavy atom. The van der Waals surface area contributed by atoms with E-state index in [1.807, 2.05) is 6.08 Å². The highest BCUT2D eigenvalue weighted by Crippen LogP contribution is 2.20. The molecule has 0 saturated carbocycles. The molecule has 0 spiro atoms. The fraction of sp³-hybridized carbons (Fsp3) is 0.308. The maximum Gasteiger partial charge on any atom is 0.227 e. The summed E-state index contributed by atoms with van der Waals surface area (Å²) in [6.45, 7) is 0. The second-order valence-corrected chi connectivity index (χ2v) is 3.98. The van der Waals surface area contributed by atoms with Gasteiger partial charge in [0.25, 0.3) is 0 Å². The van der Waals surface area contributed by atoms with Crippen LogP contribution in [0.4, 0.5) is 10.1 Å². The molecule has 2 rings (SSSR count). The Balaban J connectivity index is 1.99. The van der Waals surface area contributed by atoms with Crippen molar-refractivity contribution in [2.24, 2.45) is 5.92 Å². The maximum atomic E-state index is 12.9. The number of rotatable bonds is 2. The number of allylic oxidation sites excluding steroid dienone is 2. The number of nitrogens with one attached hydrogen (secondary N) is 1. The molecule has 1 aromatic carbocycles. The lowest BCUT2D eigenvalue weighted by molar-refractivity contribution is -0.120. The molecule has 0 fully saturated rings. The molecule has 1 unspecified atom stereocenters. The molecule has 3 heteroatoms. The van der Waals surface area contributed by atoms with Crippen LogP contribution in [-0.2, 0) is 4.79 Å².